The third kappa shape index (κ3) is 1.75. The van der Waals surface area contributed by atoms with Crippen molar-refractivity contribution in [3.05, 3.63) is 0 Å². The first kappa shape index (κ1) is 11.8. The second-order valence-corrected chi connectivity index (χ2v) is 2.38. The molecule has 0 aromatic heterocycles. The first-order chi connectivity index (χ1) is 5.06. The highest BCUT2D eigenvalue weighted by molar-refractivity contribution is 7.95. The molecule has 0 aromatic rings. The Hall–Kier alpha value is -0.210. The smallest absolute Gasteiger partial charge is 0.208 e. The SMILES string of the molecule is FSC(F)(C(F)(F)F)C(F)(F)F. The van der Waals surface area contributed by atoms with E-state index in [9.17, 15) is 34.6 Å². The van der Waals surface area contributed by atoms with Crippen LogP contribution in [-0.4, -0.2) is 17.4 Å². The van der Waals surface area contributed by atoms with Gasteiger partial charge in [-0.3, -0.25) is 0 Å². The number of hydrogen-bond acceptors (Lipinski definition) is 1. The van der Waals surface area contributed by atoms with Crippen LogP contribution >= 0.6 is 12.1 Å². The van der Waals surface area contributed by atoms with Crippen LogP contribution in [-0.2, 0) is 0 Å². The van der Waals surface area contributed by atoms with Crippen LogP contribution in [0.4, 0.5) is 34.6 Å². The summed E-state index contributed by atoms with van der Waals surface area (Å²) < 4.78 is 90.5. The number of halogens is 8. The molecule has 0 bridgehead atoms. The van der Waals surface area contributed by atoms with Gasteiger partial charge in [-0.2, -0.15) is 30.2 Å². The van der Waals surface area contributed by atoms with Gasteiger partial charge in [0.25, 0.3) is 0 Å². The van der Waals surface area contributed by atoms with Crippen molar-refractivity contribution in [3.63, 3.8) is 0 Å². The molecule has 0 atom stereocenters. The molecular weight excluding hydrogens is 220 g/mol. The Bertz CT molecular complexity index is 141. The molecule has 0 heterocycles. The van der Waals surface area contributed by atoms with Crippen LogP contribution in [0.5, 0.6) is 0 Å². The van der Waals surface area contributed by atoms with Crippen LogP contribution in [0.25, 0.3) is 0 Å². The van der Waals surface area contributed by atoms with E-state index in [4.69, 9.17) is 0 Å². The lowest BCUT2D eigenvalue weighted by atomic mass is 10.3. The molecule has 9 heteroatoms. The lowest BCUT2D eigenvalue weighted by Crippen LogP contribution is -2.49. The molecule has 74 valence electrons. The fourth-order valence-electron chi connectivity index (χ4n) is 0.248. The Morgan fingerprint density at radius 1 is 0.667 bits per heavy atom. The first-order valence-electron chi connectivity index (χ1n) is 2.18. The molecule has 0 aromatic carbocycles. The summed E-state index contributed by atoms with van der Waals surface area (Å²) in [6.45, 7) is 0. The molecule has 0 unspecified atom stereocenters. The third-order valence-corrected chi connectivity index (χ3v) is 1.51. The van der Waals surface area contributed by atoms with Gasteiger partial charge >= 0.3 is 17.4 Å². The van der Waals surface area contributed by atoms with Crippen molar-refractivity contribution in [1.82, 2.24) is 0 Å². The second-order valence-electron chi connectivity index (χ2n) is 1.67. The Kier molecular flexibility index (Phi) is 2.88. The summed E-state index contributed by atoms with van der Waals surface area (Å²) in [6, 6.07) is 0. The van der Waals surface area contributed by atoms with Gasteiger partial charge in [-0.25, -0.2) is 4.39 Å². The Morgan fingerprint density at radius 3 is 0.917 bits per heavy atom. The molecule has 0 aliphatic carbocycles. The Labute approximate surface area is 65.2 Å². The predicted molar refractivity (Wildman–Crippen MR) is 24.6 cm³/mol. The molecule has 0 amide bonds. The minimum Gasteiger partial charge on any atom is -0.208 e. The van der Waals surface area contributed by atoms with Crippen molar-refractivity contribution in [2.24, 2.45) is 0 Å². The fourth-order valence-corrected chi connectivity index (χ4v) is 0.423. The Balaban J connectivity index is 4.95. The molecule has 0 aliphatic heterocycles. The molecule has 0 radical (unpaired) electrons. The highest BCUT2D eigenvalue weighted by atomic mass is 32.2. The topological polar surface area (TPSA) is 0 Å². The predicted octanol–water partition coefficient (Wildman–Crippen LogP) is 3.39. The molecule has 0 nitrogen and oxygen atoms in total. The summed E-state index contributed by atoms with van der Waals surface area (Å²) in [4.78, 5) is 0. The van der Waals surface area contributed by atoms with Crippen molar-refractivity contribution in [2.45, 2.75) is 17.4 Å². The maximum absolute atomic E-state index is 11.9. The van der Waals surface area contributed by atoms with Crippen LogP contribution in [0.3, 0.4) is 0 Å². The standard InChI is InChI=1S/C3F8S/c4-1(12-11,2(5,6)7)3(8,9)10. The van der Waals surface area contributed by atoms with Gasteiger partial charge in [0.1, 0.15) is 12.1 Å². The minimum atomic E-state index is -6.31. The van der Waals surface area contributed by atoms with Gasteiger partial charge in [-0.15, -0.1) is 0 Å². The number of hydrogen-bond donors (Lipinski definition) is 0. The zero-order valence-electron chi connectivity index (χ0n) is 4.93. The summed E-state index contributed by atoms with van der Waals surface area (Å²) in [7, 11) is 0. The zero-order chi connectivity index (χ0) is 10.2. The van der Waals surface area contributed by atoms with Crippen LogP contribution in [0.15, 0.2) is 0 Å². The molecule has 0 saturated carbocycles. The number of rotatable bonds is 1. The van der Waals surface area contributed by atoms with Crippen molar-refractivity contribution in [1.29, 1.82) is 0 Å². The largest absolute Gasteiger partial charge is 0.444 e. The van der Waals surface area contributed by atoms with Gasteiger partial charge in [-0.1, -0.05) is 0 Å². The number of alkyl halides is 7. The highest BCUT2D eigenvalue weighted by Crippen LogP contribution is 2.53. The lowest BCUT2D eigenvalue weighted by Gasteiger charge is -2.25. The van der Waals surface area contributed by atoms with E-state index in [0.29, 0.717) is 0 Å². The van der Waals surface area contributed by atoms with E-state index < -0.39 is 29.5 Å². The van der Waals surface area contributed by atoms with Crippen molar-refractivity contribution >= 4 is 12.1 Å². The van der Waals surface area contributed by atoms with Crippen LogP contribution in [0.2, 0.25) is 0 Å². The molecule has 0 N–H and O–H groups in total. The quantitative estimate of drug-likeness (QED) is 0.610. The maximum atomic E-state index is 11.9. The Morgan fingerprint density at radius 2 is 0.917 bits per heavy atom. The van der Waals surface area contributed by atoms with Crippen molar-refractivity contribution < 1.29 is 34.6 Å². The average molecular weight is 220 g/mol. The van der Waals surface area contributed by atoms with Gasteiger partial charge in [0.05, 0.1) is 0 Å². The summed E-state index contributed by atoms with van der Waals surface area (Å²) in [5, 5.41) is -5.83. The second kappa shape index (κ2) is 2.93. The third-order valence-electron chi connectivity index (χ3n) is 0.836. The minimum absolute atomic E-state index is 2.43. The molecule has 0 aliphatic rings. The molecule has 0 rings (SSSR count). The van der Waals surface area contributed by atoms with Crippen LogP contribution in [0, 0.1) is 0 Å². The summed E-state index contributed by atoms with van der Waals surface area (Å²) >= 11 is -2.43. The van der Waals surface area contributed by atoms with E-state index in [0.717, 1.165) is 0 Å². The summed E-state index contributed by atoms with van der Waals surface area (Å²) in [5.41, 5.74) is 0. The maximum Gasteiger partial charge on any atom is 0.444 e. The van der Waals surface area contributed by atoms with Crippen LogP contribution in [0.1, 0.15) is 0 Å². The van der Waals surface area contributed by atoms with E-state index in [-0.39, 0.29) is 0 Å². The van der Waals surface area contributed by atoms with E-state index in [1.807, 2.05) is 0 Å². The normalized spacial score (nSPS) is 15.0. The van der Waals surface area contributed by atoms with Gasteiger partial charge < -0.3 is 0 Å². The van der Waals surface area contributed by atoms with Gasteiger partial charge in [0.15, 0.2) is 0 Å². The van der Waals surface area contributed by atoms with Crippen molar-refractivity contribution in [3.8, 4) is 0 Å². The van der Waals surface area contributed by atoms with E-state index >= 15 is 0 Å². The average Bonchev–Trinajstić information content (AvgIpc) is 1.81. The molecular formula is C3F8S. The monoisotopic (exact) mass is 220 g/mol. The zero-order valence-corrected chi connectivity index (χ0v) is 5.75. The molecule has 0 fully saturated rings. The van der Waals surface area contributed by atoms with Crippen LogP contribution < -0.4 is 0 Å². The van der Waals surface area contributed by atoms with E-state index in [1.165, 1.54) is 0 Å². The van der Waals surface area contributed by atoms with E-state index in [2.05, 4.69) is 0 Å². The fraction of sp³-hybridized carbons (Fsp3) is 1.00. The molecule has 0 spiro atoms. The lowest BCUT2D eigenvalue weighted by molar-refractivity contribution is -0.303. The molecule has 0 saturated heterocycles. The van der Waals surface area contributed by atoms with Gasteiger partial charge in [0.2, 0.25) is 0 Å². The summed E-state index contributed by atoms with van der Waals surface area (Å²) in [6.07, 6.45) is -12.6. The van der Waals surface area contributed by atoms with E-state index in [1.54, 1.807) is 0 Å². The van der Waals surface area contributed by atoms with Gasteiger partial charge in [-0.05, 0) is 0 Å². The first-order valence-corrected chi connectivity index (χ1v) is 2.90. The summed E-state index contributed by atoms with van der Waals surface area (Å²) in [5.74, 6) is 0. The van der Waals surface area contributed by atoms with Gasteiger partial charge in [0, 0.05) is 0 Å². The van der Waals surface area contributed by atoms with Crippen molar-refractivity contribution in [2.75, 3.05) is 0 Å². The highest BCUT2D eigenvalue weighted by Gasteiger charge is 2.74. The molecule has 12 heavy (non-hydrogen) atoms.